The van der Waals surface area contributed by atoms with Crippen LogP contribution < -0.4 is 5.32 Å². The summed E-state index contributed by atoms with van der Waals surface area (Å²) in [6, 6.07) is 0. The van der Waals surface area contributed by atoms with Gasteiger partial charge in [-0.15, -0.1) is 0 Å². The summed E-state index contributed by atoms with van der Waals surface area (Å²) >= 11 is 0. The zero-order chi connectivity index (χ0) is 14.5. The third-order valence-corrected chi connectivity index (χ3v) is 2.97. The molecule has 19 heavy (non-hydrogen) atoms. The van der Waals surface area contributed by atoms with Gasteiger partial charge in [-0.2, -0.15) is 0 Å². The van der Waals surface area contributed by atoms with Gasteiger partial charge in [0.2, 0.25) is 12.2 Å². The predicted octanol–water partition coefficient (Wildman–Crippen LogP) is 0.459. The molecule has 0 radical (unpaired) electrons. The molecule has 0 saturated heterocycles. The smallest absolute Gasteiger partial charge is 0.381 e. The number of hydrogen-bond acceptors (Lipinski definition) is 5. The van der Waals surface area contributed by atoms with Gasteiger partial charge < -0.3 is 25.1 Å². The van der Waals surface area contributed by atoms with Crippen molar-refractivity contribution >= 4 is 11.7 Å². The number of amides is 1. The van der Waals surface area contributed by atoms with Crippen molar-refractivity contribution < 1.29 is 14.8 Å². The van der Waals surface area contributed by atoms with Gasteiger partial charge in [-0.25, -0.2) is 0 Å². The fourth-order valence-corrected chi connectivity index (χ4v) is 1.43. The number of aliphatic hydroxyl groups excluding tert-OH is 1. The normalized spacial score (nSPS) is 13.8. The SMILES string of the molecule is CCC(C)(CO)NC(=O)CCn1cnc([N+](=O)[O-])c1. The minimum atomic E-state index is -0.627. The fourth-order valence-electron chi connectivity index (χ4n) is 1.43. The molecule has 1 rings (SSSR count). The Morgan fingerprint density at radius 2 is 2.37 bits per heavy atom. The van der Waals surface area contributed by atoms with E-state index in [1.807, 2.05) is 6.92 Å². The first-order chi connectivity index (χ1) is 8.90. The zero-order valence-electron chi connectivity index (χ0n) is 11.0. The van der Waals surface area contributed by atoms with Crippen molar-refractivity contribution in [3.05, 3.63) is 22.6 Å². The molecule has 1 amide bonds. The number of rotatable bonds is 7. The molecule has 0 aromatic carbocycles. The highest BCUT2D eigenvalue weighted by Gasteiger charge is 2.23. The number of carbonyl (C=O) groups excluding carboxylic acids is 1. The Morgan fingerprint density at radius 1 is 1.68 bits per heavy atom. The van der Waals surface area contributed by atoms with E-state index in [1.165, 1.54) is 17.1 Å². The lowest BCUT2D eigenvalue weighted by Crippen LogP contribution is -2.48. The summed E-state index contributed by atoms with van der Waals surface area (Å²) in [6.45, 7) is 3.80. The molecule has 106 valence electrons. The van der Waals surface area contributed by atoms with Crippen molar-refractivity contribution in [3.63, 3.8) is 0 Å². The number of hydrogen-bond donors (Lipinski definition) is 2. The second-order valence-corrected chi connectivity index (χ2v) is 4.60. The van der Waals surface area contributed by atoms with Crippen molar-refractivity contribution in [2.75, 3.05) is 6.61 Å². The summed E-state index contributed by atoms with van der Waals surface area (Å²) in [6.07, 6.45) is 3.38. The van der Waals surface area contributed by atoms with Gasteiger partial charge in [-0.3, -0.25) is 4.79 Å². The number of aryl methyl sites for hydroxylation is 1. The molecule has 1 atom stereocenters. The van der Waals surface area contributed by atoms with Gasteiger partial charge in [-0.1, -0.05) is 6.92 Å². The Hall–Kier alpha value is -1.96. The van der Waals surface area contributed by atoms with Crippen LogP contribution in [0.4, 0.5) is 5.82 Å². The van der Waals surface area contributed by atoms with E-state index < -0.39 is 10.5 Å². The van der Waals surface area contributed by atoms with Crippen LogP contribution in [0.15, 0.2) is 12.5 Å². The van der Waals surface area contributed by atoms with Crippen LogP contribution in [0.5, 0.6) is 0 Å². The molecule has 0 fully saturated rings. The van der Waals surface area contributed by atoms with E-state index in [9.17, 15) is 20.0 Å². The quantitative estimate of drug-likeness (QED) is 0.552. The molecular weight excluding hydrogens is 252 g/mol. The number of nitrogens with one attached hydrogen (secondary N) is 1. The first-order valence-electron chi connectivity index (χ1n) is 5.98. The van der Waals surface area contributed by atoms with E-state index in [4.69, 9.17) is 0 Å². The Bertz CT molecular complexity index is 453. The van der Waals surface area contributed by atoms with Crippen molar-refractivity contribution in [2.24, 2.45) is 0 Å². The third kappa shape index (κ3) is 4.32. The second-order valence-electron chi connectivity index (χ2n) is 4.60. The van der Waals surface area contributed by atoms with E-state index in [0.717, 1.165) is 0 Å². The number of aliphatic hydroxyl groups is 1. The van der Waals surface area contributed by atoms with E-state index in [1.54, 1.807) is 6.92 Å². The van der Waals surface area contributed by atoms with Crippen LogP contribution in [-0.4, -0.2) is 37.6 Å². The summed E-state index contributed by atoms with van der Waals surface area (Å²) < 4.78 is 1.49. The number of imidazole rings is 1. The van der Waals surface area contributed by atoms with Gasteiger partial charge in [0.15, 0.2) is 0 Å². The molecule has 1 aromatic rings. The second kappa shape index (κ2) is 6.28. The Morgan fingerprint density at radius 3 is 2.84 bits per heavy atom. The van der Waals surface area contributed by atoms with Crippen LogP contribution in [0.2, 0.25) is 0 Å². The van der Waals surface area contributed by atoms with Crippen molar-refractivity contribution in [1.29, 1.82) is 0 Å². The number of aromatic nitrogens is 2. The van der Waals surface area contributed by atoms with Gasteiger partial charge in [0.1, 0.15) is 6.20 Å². The lowest BCUT2D eigenvalue weighted by Gasteiger charge is -2.27. The van der Waals surface area contributed by atoms with Gasteiger partial charge >= 0.3 is 5.82 Å². The van der Waals surface area contributed by atoms with Gasteiger partial charge in [-0.05, 0) is 23.3 Å². The third-order valence-electron chi connectivity index (χ3n) is 2.97. The predicted molar refractivity (Wildman–Crippen MR) is 67.4 cm³/mol. The lowest BCUT2D eigenvalue weighted by molar-refractivity contribution is -0.389. The monoisotopic (exact) mass is 270 g/mol. The Balaban J connectivity index is 2.47. The maximum absolute atomic E-state index is 11.7. The molecule has 0 bridgehead atoms. The minimum absolute atomic E-state index is 0.133. The summed E-state index contributed by atoms with van der Waals surface area (Å²) in [5.74, 6) is -0.455. The molecule has 0 aliphatic carbocycles. The van der Waals surface area contributed by atoms with E-state index >= 15 is 0 Å². The van der Waals surface area contributed by atoms with Gasteiger partial charge in [0, 0.05) is 13.0 Å². The summed E-state index contributed by atoms with van der Waals surface area (Å²) in [5.41, 5.74) is -0.627. The highest BCUT2D eigenvalue weighted by molar-refractivity contribution is 5.76. The van der Waals surface area contributed by atoms with Crippen LogP contribution in [0.1, 0.15) is 26.7 Å². The molecule has 0 aliphatic heterocycles. The molecule has 1 aromatic heterocycles. The van der Waals surface area contributed by atoms with Crippen molar-refractivity contribution in [3.8, 4) is 0 Å². The standard InChI is InChI=1S/C11H18N4O4/c1-3-11(2,7-16)13-10(17)4-5-14-6-9(12-8-14)15(18)19/h6,8,16H,3-5,7H2,1-2H3,(H,13,17). The molecule has 8 nitrogen and oxygen atoms in total. The number of carbonyl (C=O) groups is 1. The maximum atomic E-state index is 11.7. The fraction of sp³-hybridized carbons (Fsp3) is 0.636. The summed E-state index contributed by atoms with van der Waals surface area (Å²) in [7, 11) is 0. The van der Waals surface area contributed by atoms with Crippen LogP contribution in [0, 0.1) is 10.1 Å². The molecule has 0 saturated carbocycles. The van der Waals surface area contributed by atoms with Crippen molar-refractivity contribution in [2.45, 2.75) is 38.8 Å². The Kier molecular flexibility index (Phi) is 4.99. The van der Waals surface area contributed by atoms with Gasteiger partial charge in [0.25, 0.3) is 0 Å². The number of nitro groups is 1. The average Bonchev–Trinajstić information content (AvgIpc) is 2.85. The maximum Gasteiger partial charge on any atom is 0.381 e. The Labute approximate surface area is 110 Å². The average molecular weight is 270 g/mol. The minimum Gasteiger partial charge on any atom is -0.394 e. The largest absolute Gasteiger partial charge is 0.394 e. The molecule has 1 heterocycles. The highest BCUT2D eigenvalue weighted by atomic mass is 16.6. The van der Waals surface area contributed by atoms with Crippen LogP contribution in [0.3, 0.4) is 0 Å². The van der Waals surface area contributed by atoms with Crippen molar-refractivity contribution in [1.82, 2.24) is 14.9 Å². The number of nitrogens with zero attached hydrogens (tertiary/aromatic N) is 3. The molecular formula is C11H18N4O4. The zero-order valence-corrected chi connectivity index (χ0v) is 11.0. The molecule has 8 heteroatoms. The first-order valence-corrected chi connectivity index (χ1v) is 5.98. The topological polar surface area (TPSA) is 110 Å². The molecule has 1 unspecified atom stereocenters. The molecule has 2 N–H and O–H groups in total. The lowest BCUT2D eigenvalue weighted by atomic mass is 10.0. The summed E-state index contributed by atoms with van der Waals surface area (Å²) in [4.78, 5) is 25.1. The first kappa shape index (κ1) is 15.1. The van der Waals surface area contributed by atoms with E-state index in [-0.39, 0.29) is 24.8 Å². The molecule has 0 aliphatic rings. The van der Waals surface area contributed by atoms with Crippen LogP contribution in [0.25, 0.3) is 0 Å². The van der Waals surface area contributed by atoms with Crippen LogP contribution in [-0.2, 0) is 11.3 Å². The van der Waals surface area contributed by atoms with E-state index in [0.29, 0.717) is 13.0 Å². The summed E-state index contributed by atoms with van der Waals surface area (Å²) in [5, 5.41) is 22.4. The van der Waals surface area contributed by atoms with E-state index in [2.05, 4.69) is 10.3 Å². The highest BCUT2D eigenvalue weighted by Crippen LogP contribution is 2.09. The molecule has 0 spiro atoms. The van der Waals surface area contributed by atoms with Gasteiger partial charge in [0.05, 0.1) is 12.1 Å². The van der Waals surface area contributed by atoms with Crippen LogP contribution >= 0.6 is 0 Å².